The third-order valence-corrected chi connectivity index (χ3v) is 5.09. The van der Waals surface area contributed by atoms with Crippen molar-refractivity contribution >= 4 is 23.5 Å². The van der Waals surface area contributed by atoms with Gasteiger partial charge in [-0.1, -0.05) is 0 Å². The van der Waals surface area contributed by atoms with Crippen LogP contribution in [0.4, 0.5) is 11.4 Å². The van der Waals surface area contributed by atoms with Gasteiger partial charge in [-0.25, -0.2) is 4.99 Å². The predicted molar refractivity (Wildman–Crippen MR) is 116 cm³/mol. The molecule has 7 N–H and O–H groups in total. The number of anilines is 2. The summed E-state index contributed by atoms with van der Waals surface area (Å²) in [5, 5.41) is 17.6. The number of carbonyl (C=O) groups is 1. The van der Waals surface area contributed by atoms with Crippen LogP contribution in [0.2, 0.25) is 0 Å². The fraction of sp³-hybridized carbons (Fsp3) is 0.400. The van der Waals surface area contributed by atoms with Gasteiger partial charge >= 0.3 is 0 Å². The fourth-order valence-corrected chi connectivity index (χ4v) is 3.35. The van der Waals surface area contributed by atoms with E-state index in [9.17, 15) is 4.79 Å². The average Bonchev–Trinajstić information content (AvgIpc) is 2.76. The molecule has 10 nitrogen and oxygen atoms in total. The van der Waals surface area contributed by atoms with Crippen molar-refractivity contribution in [2.45, 2.75) is 31.5 Å². The number of nitriles is 1. The highest BCUT2D eigenvalue weighted by Crippen LogP contribution is 2.28. The van der Waals surface area contributed by atoms with Crippen molar-refractivity contribution in [3.63, 3.8) is 0 Å². The molecular weight excluding hydrogens is 382 g/mol. The summed E-state index contributed by atoms with van der Waals surface area (Å²) in [7, 11) is 1.66. The number of allylic oxidation sites excluding steroid dienone is 1. The highest BCUT2D eigenvalue weighted by Gasteiger charge is 2.25. The zero-order valence-corrected chi connectivity index (χ0v) is 16.9. The van der Waals surface area contributed by atoms with Crippen molar-refractivity contribution in [3.05, 3.63) is 41.6 Å². The van der Waals surface area contributed by atoms with Crippen LogP contribution in [0.15, 0.2) is 46.6 Å². The summed E-state index contributed by atoms with van der Waals surface area (Å²) < 4.78 is 0. The quantitative estimate of drug-likeness (QED) is 0.328. The summed E-state index contributed by atoms with van der Waals surface area (Å²) in [5.74, 6) is -0.0676. The van der Waals surface area contributed by atoms with Gasteiger partial charge in [0.05, 0.1) is 41.8 Å². The van der Waals surface area contributed by atoms with Gasteiger partial charge in [0.2, 0.25) is 0 Å². The van der Waals surface area contributed by atoms with Crippen LogP contribution in [0, 0.1) is 11.3 Å². The van der Waals surface area contributed by atoms with Gasteiger partial charge < -0.3 is 32.3 Å². The molecule has 2 aliphatic heterocycles. The van der Waals surface area contributed by atoms with Crippen LogP contribution in [0.5, 0.6) is 0 Å². The van der Waals surface area contributed by atoms with Crippen molar-refractivity contribution in [1.82, 2.24) is 15.6 Å². The highest BCUT2D eigenvalue weighted by atomic mass is 16.1. The monoisotopic (exact) mass is 409 g/mol. The minimum Gasteiger partial charge on any atom is -0.370 e. The Morgan fingerprint density at radius 3 is 2.87 bits per heavy atom. The zero-order chi connectivity index (χ0) is 21.5. The van der Waals surface area contributed by atoms with E-state index < -0.39 is 12.1 Å². The molecule has 10 heteroatoms. The second kappa shape index (κ2) is 9.98. The smallest absolute Gasteiger partial charge is 0.258 e. The Morgan fingerprint density at radius 1 is 1.47 bits per heavy atom. The second-order valence-corrected chi connectivity index (χ2v) is 7.16. The average molecular weight is 409 g/mol. The molecule has 1 fully saturated rings. The lowest BCUT2D eigenvalue weighted by atomic mass is 10.1. The molecule has 0 spiro atoms. The summed E-state index contributed by atoms with van der Waals surface area (Å²) in [4.78, 5) is 23.8. The van der Waals surface area contributed by atoms with Gasteiger partial charge in [0, 0.05) is 43.3 Å². The van der Waals surface area contributed by atoms with E-state index in [1.54, 1.807) is 31.9 Å². The molecule has 1 aromatic rings. The summed E-state index contributed by atoms with van der Waals surface area (Å²) in [6.07, 6.45) is 7.79. The lowest BCUT2D eigenvalue weighted by Gasteiger charge is -2.33. The van der Waals surface area contributed by atoms with Crippen LogP contribution in [0.3, 0.4) is 0 Å². The van der Waals surface area contributed by atoms with E-state index in [1.807, 2.05) is 6.07 Å². The third-order valence-electron chi connectivity index (χ3n) is 5.09. The zero-order valence-electron chi connectivity index (χ0n) is 16.9. The number of nitrogens with one attached hydrogen (secondary N) is 3. The Morgan fingerprint density at radius 2 is 2.23 bits per heavy atom. The topological polar surface area (TPSA) is 157 Å². The molecular formula is C20H27N9O. The number of piperidine rings is 1. The van der Waals surface area contributed by atoms with Crippen molar-refractivity contribution in [2.75, 3.05) is 30.4 Å². The number of carbonyl (C=O) groups excluding carboxylic acids is 1. The Kier molecular flexibility index (Phi) is 7.13. The first-order chi connectivity index (χ1) is 14.5. The van der Waals surface area contributed by atoms with Gasteiger partial charge in [-0.15, -0.1) is 0 Å². The molecule has 1 amide bonds. The van der Waals surface area contributed by atoms with Gasteiger partial charge in [-0.3, -0.25) is 9.78 Å². The molecule has 0 aliphatic carbocycles. The first-order valence-electron chi connectivity index (χ1n) is 9.83. The number of rotatable bonds is 6. The first kappa shape index (κ1) is 21.4. The number of nitrogens with zero attached hydrogens (tertiary/aromatic N) is 4. The van der Waals surface area contributed by atoms with Crippen molar-refractivity contribution in [1.29, 1.82) is 5.26 Å². The highest BCUT2D eigenvalue weighted by molar-refractivity contribution is 6.06. The van der Waals surface area contributed by atoms with E-state index in [1.165, 1.54) is 0 Å². The lowest BCUT2D eigenvalue weighted by molar-refractivity contribution is -0.113. The molecule has 0 bridgehead atoms. The molecule has 2 aliphatic rings. The normalized spacial score (nSPS) is 19.4. The lowest BCUT2D eigenvalue weighted by Crippen LogP contribution is -2.43. The summed E-state index contributed by atoms with van der Waals surface area (Å²) in [5.41, 5.74) is 14.6. The van der Waals surface area contributed by atoms with Crippen LogP contribution < -0.4 is 32.3 Å². The van der Waals surface area contributed by atoms with Crippen LogP contribution in [-0.4, -0.2) is 49.5 Å². The molecule has 0 radical (unpaired) electrons. The predicted octanol–water partition coefficient (Wildman–Crippen LogP) is 0.135. The maximum Gasteiger partial charge on any atom is 0.258 e. The second-order valence-electron chi connectivity index (χ2n) is 7.16. The molecule has 158 valence electrons. The maximum absolute atomic E-state index is 13.2. The van der Waals surface area contributed by atoms with E-state index in [0.29, 0.717) is 11.5 Å². The van der Waals surface area contributed by atoms with E-state index in [4.69, 9.17) is 16.7 Å². The van der Waals surface area contributed by atoms with Gasteiger partial charge in [0.25, 0.3) is 5.91 Å². The molecule has 3 rings (SSSR count). The Hall–Kier alpha value is -3.26. The number of pyridine rings is 1. The number of aliphatic imine (C=N–C) groups is 1. The van der Waals surface area contributed by atoms with E-state index in [0.717, 1.165) is 37.2 Å². The van der Waals surface area contributed by atoms with Crippen molar-refractivity contribution in [2.24, 2.45) is 16.5 Å². The first-order valence-corrected chi connectivity index (χ1v) is 9.83. The number of hydrogen-bond acceptors (Lipinski definition) is 9. The molecule has 1 saturated heterocycles. The van der Waals surface area contributed by atoms with Crippen LogP contribution in [0.25, 0.3) is 0 Å². The maximum atomic E-state index is 13.2. The minimum atomic E-state index is -0.747. The Labute approximate surface area is 175 Å². The van der Waals surface area contributed by atoms with Crippen LogP contribution in [-0.2, 0) is 4.79 Å². The Balaban J connectivity index is 1.84. The van der Waals surface area contributed by atoms with Crippen molar-refractivity contribution < 1.29 is 4.79 Å². The molecule has 0 saturated carbocycles. The van der Waals surface area contributed by atoms with E-state index in [2.05, 4.69) is 36.9 Å². The van der Waals surface area contributed by atoms with Crippen LogP contribution >= 0.6 is 0 Å². The van der Waals surface area contributed by atoms with Crippen LogP contribution in [0.1, 0.15) is 19.3 Å². The number of likely N-dealkylation sites (N-methyl/N-ethyl adjacent to an activating group) is 1. The number of nitrogens with two attached hydrogens (primary N) is 2. The van der Waals surface area contributed by atoms with E-state index in [-0.39, 0.29) is 18.0 Å². The fourth-order valence-electron chi connectivity index (χ4n) is 3.35. The molecule has 30 heavy (non-hydrogen) atoms. The molecule has 0 aromatic carbocycles. The standard InChI is InChI=1S/C20H27N9O/c1-24-18(23)17(19-26-10-13(2-6-21)11-27-19)20(30)28-15-12-25-7-3-16(15)29-8-4-14(22)5-9-29/h3,7,10-12,14,18,24,26H,2,4-5,8-9,22-23H2,1H3,(H,28,30)/b19-17-. The number of amides is 1. The molecule has 1 atom stereocenters. The summed E-state index contributed by atoms with van der Waals surface area (Å²) in [6, 6.07) is 4.15. The number of hydrogen-bond donors (Lipinski definition) is 5. The van der Waals surface area contributed by atoms with Gasteiger partial charge in [0.1, 0.15) is 5.82 Å². The van der Waals surface area contributed by atoms with Gasteiger partial charge in [-0.05, 0) is 26.0 Å². The van der Waals surface area contributed by atoms with Gasteiger partial charge in [-0.2, -0.15) is 5.26 Å². The number of aromatic nitrogens is 1. The van der Waals surface area contributed by atoms with E-state index >= 15 is 0 Å². The largest absolute Gasteiger partial charge is 0.370 e. The molecule has 1 aromatic heterocycles. The third kappa shape index (κ3) is 5.01. The molecule has 1 unspecified atom stereocenters. The minimum absolute atomic E-state index is 0.209. The molecule has 3 heterocycles. The van der Waals surface area contributed by atoms with Gasteiger partial charge in [0.15, 0.2) is 0 Å². The summed E-state index contributed by atoms with van der Waals surface area (Å²) in [6.45, 7) is 1.63. The summed E-state index contributed by atoms with van der Waals surface area (Å²) >= 11 is 0. The van der Waals surface area contributed by atoms with Crippen molar-refractivity contribution in [3.8, 4) is 6.07 Å². The Bertz CT molecular complexity index is 907. The SMILES string of the molecule is CNC(N)/C(C(=O)Nc1cnccc1N1CCC(N)CC1)=C1/N=CC(CC#N)=CN1.